The molecule has 2 heterocycles. The van der Waals surface area contributed by atoms with E-state index in [2.05, 4.69) is 10.3 Å². The van der Waals surface area contributed by atoms with Gasteiger partial charge in [-0.05, 0) is 24.3 Å². The van der Waals surface area contributed by atoms with E-state index in [-0.39, 0.29) is 36.1 Å². The molecule has 1 aliphatic heterocycles. The van der Waals surface area contributed by atoms with Crippen LogP contribution in [0.25, 0.3) is 21.0 Å². The van der Waals surface area contributed by atoms with Gasteiger partial charge in [-0.25, -0.2) is 4.98 Å². The van der Waals surface area contributed by atoms with Gasteiger partial charge in [0.1, 0.15) is 6.54 Å². The number of carbonyl (C=O) groups excluding carboxylic acids is 3. The Bertz CT molecular complexity index is 1100. The van der Waals surface area contributed by atoms with Gasteiger partial charge in [0.15, 0.2) is 5.13 Å². The first kappa shape index (κ1) is 17.3. The summed E-state index contributed by atoms with van der Waals surface area (Å²) in [6, 6.07) is 12.0. The Kier molecular flexibility index (Phi) is 4.12. The zero-order chi connectivity index (χ0) is 19.3. The molecule has 1 aromatic heterocycles. The number of amides is 3. The molecular weight excluding hydrogens is 374 g/mol. The first-order valence-corrected chi connectivity index (χ1v) is 10.4. The predicted molar refractivity (Wildman–Crippen MR) is 108 cm³/mol. The van der Waals surface area contributed by atoms with Gasteiger partial charge in [-0.15, -0.1) is 0 Å². The molecule has 28 heavy (non-hydrogen) atoms. The van der Waals surface area contributed by atoms with Gasteiger partial charge in [-0.2, -0.15) is 0 Å². The van der Waals surface area contributed by atoms with Gasteiger partial charge in [0, 0.05) is 5.39 Å². The van der Waals surface area contributed by atoms with Crippen molar-refractivity contribution in [3.8, 4) is 0 Å². The summed E-state index contributed by atoms with van der Waals surface area (Å²) in [5.41, 5.74) is 0.845. The summed E-state index contributed by atoms with van der Waals surface area (Å²) in [7, 11) is 0. The van der Waals surface area contributed by atoms with Crippen LogP contribution >= 0.6 is 11.3 Å². The van der Waals surface area contributed by atoms with Gasteiger partial charge in [-0.1, -0.05) is 54.5 Å². The molecule has 1 N–H and O–H groups in total. The molecule has 2 aromatic carbocycles. The zero-order valence-corrected chi connectivity index (χ0v) is 16.0. The Morgan fingerprint density at radius 2 is 1.79 bits per heavy atom. The number of benzene rings is 2. The van der Waals surface area contributed by atoms with Crippen LogP contribution in [0.2, 0.25) is 0 Å². The lowest BCUT2D eigenvalue weighted by molar-refractivity contribution is -0.142. The summed E-state index contributed by atoms with van der Waals surface area (Å²) in [6.07, 6.45) is 3.44. The third-order valence-electron chi connectivity index (χ3n) is 5.76. The van der Waals surface area contributed by atoms with Crippen LogP contribution in [0.3, 0.4) is 0 Å². The molecule has 3 amide bonds. The highest BCUT2D eigenvalue weighted by atomic mass is 32.1. The summed E-state index contributed by atoms with van der Waals surface area (Å²) in [5.74, 6) is -1.24. The van der Waals surface area contributed by atoms with Crippen LogP contribution in [0.4, 0.5) is 5.13 Å². The van der Waals surface area contributed by atoms with Crippen LogP contribution in [0.5, 0.6) is 0 Å². The summed E-state index contributed by atoms with van der Waals surface area (Å²) in [5, 5.41) is 5.37. The summed E-state index contributed by atoms with van der Waals surface area (Å²) in [4.78, 5) is 43.3. The Morgan fingerprint density at radius 3 is 2.54 bits per heavy atom. The third kappa shape index (κ3) is 2.77. The van der Waals surface area contributed by atoms with Crippen molar-refractivity contribution in [2.75, 3.05) is 11.9 Å². The first-order valence-electron chi connectivity index (χ1n) is 9.55. The molecule has 0 spiro atoms. The second kappa shape index (κ2) is 6.67. The Labute approximate surface area is 165 Å². The lowest BCUT2D eigenvalue weighted by Gasteiger charge is -2.19. The molecule has 2 aliphatic rings. The summed E-state index contributed by atoms with van der Waals surface area (Å²) < 4.78 is 0.980. The van der Waals surface area contributed by atoms with E-state index in [0.717, 1.165) is 51.6 Å². The molecule has 0 unspecified atom stereocenters. The van der Waals surface area contributed by atoms with Crippen LogP contribution in [0, 0.1) is 11.8 Å². The number of likely N-dealkylation sites (tertiary alicyclic amines) is 1. The number of aromatic nitrogens is 1. The molecule has 2 atom stereocenters. The van der Waals surface area contributed by atoms with Crippen molar-refractivity contribution < 1.29 is 14.4 Å². The van der Waals surface area contributed by atoms with E-state index in [4.69, 9.17) is 0 Å². The minimum absolute atomic E-state index is 0.194. The standard InChI is InChI=1S/C21H19N3O3S/c25-17(11-24-19(26)14-7-3-4-8-15(14)20(24)27)22-21-23-18-13-6-2-1-5-12(13)9-10-16(18)28-21/h1-2,5-6,9-10,14-15H,3-4,7-8,11H2,(H,22,23,25)/t14-,15-/m1/s1. The van der Waals surface area contributed by atoms with Gasteiger partial charge >= 0.3 is 0 Å². The number of anilines is 1. The topological polar surface area (TPSA) is 79.4 Å². The fourth-order valence-corrected chi connectivity index (χ4v) is 5.30. The van der Waals surface area contributed by atoms with E-state index < -0.39 is 0 Å². The summed E-state index contributed by atoms with van der Waals surface area (Å²) in [6.45, 7) is -0.235. The quantitative estimate of drug-likeness (QED) is 0.690. The number of nitrogens with one attached hydrogen (secondary N) is 1. The van der Waals surface area contributed by atoms with Gasteiger partial charge in [0.25, 0.3) is 0 Å². The average molecular weight is 393 g/mol. The number of thiazole rings is 1. The fourth-order valence-electron chi connectivity index (χ4n) is 4.40. The molecule has 7 heteroatoms. The maximum atomic E-state index is 12.5. The monoisotopic (exact) mass is 393 g/mol. The minimum Gasteiger partial charge on any atom is -0.300 e. The number of hydrogen-bond acceptors (Lipinski definition) is 5. The van der Waals surface area contributed by atoms with Crippen molar-refractivity contribution in [2.24, 2.45) is 11.8 Å². The van der Waals surface area contributed by atoms with Crippen molar-refractivity contribution in [1.29, 1.82) is 0 Å². The molecule has 5 rings (SSSR count). The fraction of sp³-hybridized carbons (Fsp3) is 0.333. The van der Waals surface area contributed by atoms with Crippen LogP contribution in [0.15, 0.2) is 36.4 Å². The molecule has 6 nitrogen and oxygen atoms in total. The molecule has 2 fully saturated rings. The van der Waals surface area contributed by atoms with E-state index in [1.54, 1.807) is 0 Å². The van der Waals surface area contributed by atoms with Gasteiger partial charge < -0.3 is 5.32 Å². The van der Waals surface area contributed by atoms with Crippen molar-refractivity contribution in [2.45, 2.75) is 25.7 Å². The Hall–Kier alpha value is -2.80. The highest BCUT2D eigenvalue weighted by molar-refractivity contribution is 7.22. The summed E-state index contributed by atoms with van der Waals surface area (Å²) >= 11 is 1.39. The van der Waals surface area contributed by atoms with Crippen molar-refractivity contribution >= 4 is 55.2 Å². The van der Waals surface area contributed by atoms with Gasteiger partial charge in [0.2, 0.25) is 17.7 Å². The second-order valence-electron chi connectivity index (χ2n) is 7.46. The number of nitrogens with zero attached hydrogens (tertiary/aromatic N) is 2. The number of rotatable bonds is 3. The van der Waals surface area contributed by atoms with Gasteiger partial charge in [-0.3, -0.25) is 19.3 Å². The van der Waals surface area contributed by atoms with Crippen molar-refractivity contribution in [1.82, 2.24) is 9.88 Å². The zero-order valence-electron chi connectivity index (χ0n) is 15.2. The smallest absolute Gasteiger partial charge is 0.246 e. The lowest BCUT2D eigenvalue weighted by Crippen LogP contribution is -2.38. The molecular formula is C21H19N3O3S. The minimum atomic E-state index is -0.385. The van der Waals surface area contributed by atoms with Crippen LogP contribution in [-0.2, 0) is 14.4 Å². The molecule has 1 aliphatic carbocycles. The van der Waals surface area contributed by atoms with Gasteiger partial charge in [0.05, 0.1) is 22.1 Å². The highest BCUT2D eigenvalue weighted by Gasteiger charge is 2.48. The molecule has 1 saturated heterocycles. The largest absolute Gasteiger partial charge is 0.300 e. The normalized spacial score (nSPS) is 22.1. The van der Waals surface area contributed by atoms with E-state index >= 15 is 0 Å². The third-order valence-corrected chi connectivity index (χ3v) is 6.70. The Morgan fingerprint density at radius 1 is 1.07 bits per heavy atom. The number of fused-ring (bicyclic) bond motifs is 4. The second-order valence-corrected chi connectivity index (χ2v) is 8.49. The van der Waals surface area contributed by atoms with Crippen LogP contribution < -0.4 is 5.32 Å². The van der Waals surface area contributed by atoms with E-state index in [1.165, 1.54) is 11.3 Å². The SMILES string of the molecule is O=C(CN1C(=O)[C@@H]2CCCC[C@H]2C1=O)Nc1nc2c(ccc3ccccc32)s1. The highest BCUT2D eigenvalue weighted by Crippen LogP contribution is 2.38. The van der Waals surface area contributed by atoms with E-state index in [9.17, 15) is 14.4 Å². The van der Waals surface area contributed by atoms with Crippen molar-refractivity contribution in [3.05, 3.63) is 36.4 Å². The van der Waals surface area contributed by atoms with Crippen LogP contribution in [0.1, 0.15) is 25.7 Å². The first-order chi connectivity index (χ1) is 13.6. The van der Waals surface area contributed by atoms with E-state index in [1.807, 2.05) is 36.4 Å². The molecule has 3 aromatic rings. The molecule has 0 radical (unpaired) electrons. The maximum absolute atomic E-state index is 12.5. The number of imide groups is 1. The lowest BCUT2D eigenvalue weighted by atomic mass is 9.81. The molecule has 142 valence electrons. The Balaban J connectivity index is 1.35. The number of carbonyl (C=O) groups is 3. The maximum Gasteiger partial charge on any atom is 0.246 e. The molecule has 1 saturated carbocycles. The number of hydrogen-bond donors (Lipinski definition) is 1. The molecule has 0 bridgehead atoms. The van der Waals surface area contributed by atoms with Crippen molar-refractivity contribution in [3.63, 3.8) is 0 Å². The average Bonchev–Trinajstić information content (AvgIpc) is 3.23. The van der Waals surface area contributed by atoms with Crippen LogP contribution in [-0.4, -0.2) is 34.2 Å². The predicted octanol–water partition coefficient (Wildman–Crippen LogP) is 3.56. The van der Waals surface area contributed by atoms with E-state index in [0.29, 0.717) is 5.13 Å².